The Morgan fingerprint density at radius 2 is 2.05 bits per heavy atom. The second kappa shape index (κ2) is 7.97. The van der Waals surface area contributed by atoms with E-state index in [-0.39, 0.29) is 0 Å². The summed E-state index contributed by atoms with van der Waals surface area (Å²) in [6.45, 7) is 6.04. The number of hydrogen-bond acceptors (Lipinski definition) is 4. The van der Waals surface area contributed by atoms with E-state index in [2.05, 4.69) is 36.1 Å². The van der Waals surface area contributed by atoms with Crippen molar-refractivity contribution < 1.29 is 0 Å². The van der Waals surface area contributed by atoms with E-state index in [1.54, 1.807) is 0 Å². The van der Waals surface area contributed by atoms with Crippen LogP contribution in [-0.2, 0) is 6.54 Å². The van der Waals surface area contributed by atoms with E-state index in [4.69, 9.17) is 16.6 Å². The molecule has 1 aromatic rings. The maximum Gasteiger partial charge on any atom is 0.128 e. The summed E-state index contributed by atoms with van der Waals surface area (Å²) in [7, 11) is 4.33. The predicted octanol–water partition coefficient (Wildman–Crippen LogP) is 2.77. The van der Waals surface area contributed by atoms with Gasteiger partial charge in [0.05, 0.1) is 10.7 Å². The number of anilines is 1. The molecule has 0 aliphatic carbocycles. The second-order valence-electron chi connectivity index (χ2n) is 5.96. The van der Waals surface area contributed by atoms with Crippen molar-refractivity contribution in [3.63, 3.8) is 0 Å². The maximum atomic E-state index is 6.25. The molecule has 2 rings (SSSR count). The van der Waals surface area contributed by atoms with Crippen LogP contribution in [0.5, 0.6) is 0 Å². The van der Waals surface area contributed by atoms with Crippen molar-refractivity contribution in [1.82, 2.24) is 15.2 Å². The first kappa shape index (κ1) is 16.5. The topological polar surface area (TPSA) is 31.4 Å². The number of pyridine rings is 1. The van der Waals surface area contributed by atoms with Gasteiger partial charge in [-0.1, -0.05) is 18.5 Å². The molecule has 2 heterocycles. The van der Waals surface area contributed by atoms with Gasteiger partial charge in [0.2, 0.25) is 0 Å². The number of hydrogen-bond donors (Lipinski definition) is 1. The van der Waals surface area contributed by atoms with Crippen LogP contribution in [-0.4, -0.2) is 49.7 Å². The van der Waals surface area contributed by atoms with Crippen LogP contribution in [0.2, 0.25) is 5.02 Å². The van der Waals surface area contributed by atoms with Crippen LogP contribution < -0.4 is 10.2 Å². The molecule has 0 radical (unpaired) electrons. The summed E-state index contributed by atoms with van der Waals surface area (Å²) in [5.74, 6) is 1.06. The van der Waals surface area contributed by atoms with E-state index in [1.807, 2.05) is 12.1 Å². The molecule has 0 unspecified atom stereocenters. The fourth-order valence-electron chi connectivity index (χ4n) is 2.77. The summed E-state index contributed by atoms with van der Waals surface area (Å²) >= 11 is 6.25. The molecule has 4 nitrogen and oxygen atoms in total. The minimum atomic E-state index is 0.694. The number of aromatic nitrogens is 1. The third-order valence-electron chi connectivity index (χ3n) is 4.14. The number of nitrogens with zero attached hydrogens (tertiary/aromatic N) is 3. The normalized spacial score (nSPS) is 16.7. The van der Waals surface area contributed by atoms with Crippen LogP contribution in [0.15, 0.2) is 12.1 Å². The van der Waals surface area contributed by atoms with E-state index in [0.29, 0.717) is 6.04 Å². The predicted molar refractivity (Wildman–Crippen MR) is 90.2 cm³/mol. The van der Waals surface area contributed by atoms with Gasteiger partial charge in [0.15, 0.2) is 0 Å². The molecule has 1 aliphatic heterocycles. The van der Waals surface area contributed by atoms with Gasteiger partial charge < -0.3 is 15.1 Å². The summed E-state index contributed by atoms with van der Waals surface area (Å²) in [5.41, 5.74) is 0.956. The minimum Gasteiger partial charge on any atom is -0.356 e. The molecule has 1 aliphatic rings. The molecular formula is C16H27ClN4. The van der Waals surface area contributed by atoms with Crippen LogP contribution in [0.1, 0.15) is 31.9 Å². The van der Waals surface area contributed by atoms with Crippen molar-refractivity contribution in [3.05, 3.63) is 22.8 Å². The Kier molecular flexibility index (Phi) is 6.27. The van der Waals surface area contributed by atoms with Crippen molar-refractivity contribution in [2.75, 3.05) is 38.6 Å². The molecule has 1 aromatic heterocycles. The molecule has 0 spiro atoms. The van der Waals surface area contributed by atoms with E-state index in [0.717, 1.165) is 49.1 Å². The van der Waals surface area contributed by atoms with Gasteiger partial charge in [-0.3, -0.25) is 0 Å². The van der Waals surface area contributed by atoms with Gasteiger partial charge in [0.1, 0.15) is 5.82 Å². The molecule has 0 aromatic carbocycles. The van der Waals surface area contributed by atoms with E-state index >= 15 is 0 Å². The van der Waals surface area contributed by atoms with Crippen molar-refractivity contribution >= 4 is 17.4 Å². The smallest absolute Gasteiger partial charge is 0.128 e. The first-order valence-electron chi connectivity index (χ1n) is 7.89. The zero-order valence-corrected chi connectivity index (χ0v) is 14.2. The van der Waals surface area contributed by atoms with Crippen molar-refractivity contribution in [2.24, 2.45) is 0 Å². The van der Waals surface area contributed by atoms with Crippen LogP contribution in [0, 0.1) is 0 Å². The Labute approximate surface area is 133 Å². The average Bonchev–Trinajstić information content (AvgIpc) is 2.49. The molecule has 21 heavy (non-hydrogen) atoms. The van der Waals surface area contributed by atoms with Crippen molar-refractivity contribution in [2.45, 2.75) is 38.8 Å². The summed E-state index contributed by atoms with van der Waals surface area (Å²) in [5, 5.41) is 4.13. The van der Waals surface area contributed by atoms with Gasteiger partial charge in [-0.05, 0) is 52.0 Å². The Balaban J connectivity index is 1.99. The monoisotopic (exact) mass is 310 g/mol. The fourth-order valence-corrected chi connectivity index (χ4v) is 2.94. The van der Waals surface area contributed by atoms with E-state index in [1.165, 1.54) is 12.8 Å². The average molecular weight is 311 g/mol. The van der Waals surface area contributed by atoms with Gasteiger partial charge in [0.25, 0.3) is 0 Å². The fraction of sp³-hybridized carbons (Fsp3) is 0.688. The Morgan fingerprint density at radius 1 is 1.33 bits per heavy atom. The van der Waals surface area contributed by atoms with Crippen LogP contribution in [0.25, 0.3) is 0 Å². The lowest BCUT2D eigenvalue weighted by molar-refractivity contribution is 0.249. The van der Waals surface area contributed by atoms with Crippen LogP contribution >= 0.6 is 11.6 Å². The third kappa shape index (κ3) is 4.56. The largest absolute Gasteiger partial charge is 0.356 e. The standard InChI is InChI=1S/C16H27ClN4/c1-4-9-18-12-15-14(17)5-6-16(19-15)21-10-7-13(8-11-21)20(2)3/h5-6,13,18H,4,7-12H2,1-3H3. The lowest BCUT2D eigenvalue weighted by Gasteiger charge is -2.36. The van der Waals surface area contributed by atoms with Gasteiger partial charge in [0, 0.05) is 25.7 Å². The molecule has 1 fully saturated rings. The van der Waals surface area contributed by atoms with Gasteiger partial charge in [-0.15, -0.1) is 0 Å². The van der Waals surface area contributed by atoms with Crippen LogP contribution in [0.3, 0.4) is 0 Å². The van der Waals surface area contributed by atoms with Crippen molar-refractivity contribution in [3.8, 4) is 0 Å². The number of halogens is 1. The number of nitrogens with one attached hydrogen (secondary N) is 1. The molecule has 1 N–H and O–H groups in total. The molecule has 1 saturated heterocycles. The molecule has 0 bridgehead atoms. The lowest BCUT2D eigenvalue weighted by Crippen LogP contribution is -2.42. The molecule has 0 saturated carbocycles. The highest BCUT2D eigenvalue weighted by molar-refractivity contribution is 6.31. The Hall–Kier alpha value is -0.840. The minimum absolute atomic E-state index is 0.694. The van der Waals surface area contributed by atoms with E-state index in [9.17, 15) is 0 Å². The summed E-state index contributed by atoms with van der Waals surface area (Å²) in [4.78, 5) is 9.46. The highest BCUT2D eigenvalue weighted by atomic mass is 35.5. The lowest BCUT2D eigenvalue weighted by atomic mass is 10.0. The molecule has 0 atom stereocenters. The summed E-state index contributed by atoms with van der Waals surface area (Å²) in [6.07, 6.45) is 3.51. The third-order valence-corrected chi connectivity index (χ3v) is 4.49. The molecule has 0 amide bonds. The first-order valence-corrected chi connectivity index (χ1v) is 8.27. The van der Waals surface area contributed by atoms with Gasteiger partial charge in [-0.25, -0.2) is 4.98 Å². The highest BCUT2D eigenvalue weighted by Crippen LogP contribution is 2.23. The molecule has 5 heteroatoms. The zero-order valence-electron chi connectivity index (χ0n) is 13.4. The summed E-state index contributed by atoms with van der Waals surface area (Å²) < 4.78 is 0. The van der Waals surface area contributed by atoms with Gasteiger partial charge >= 0.3 is 0 Å². The summed E-state index contributed by atoms with van der Waals surface area (Å²) in [6, 6.07) is 4.71. The zero-order chi connectivity index (χ0) is 15.2. The molecular weight excluding hydrogens is 284 g/mol. The Bertz CT molecular complexity index is 442. The number of rotatable bonds is 6. The second-order valence-corrected chi connectivity index (χ2v) is 6.36. The molecule has 118 valence electrons. The van der Waals surface area contributed by atoms with E-state index < -0.39 is 0 Å². The van der Waals surface area contributed by atoms with Crippen LogP contribution in [0.4, 0.5) is 5.82 Å². The first-order chi connectivity index (χ1) is 10.1. The quantitative estimate of drug-likeness (QED) is 0.819. The van der Waals surface area contributed by atoms with Gasteiger partial charge in [-0.2, -0.15) is 0 Å². The highest BCUT2D eigenvalue weighted by Gasteiger charge is 2.21. The SMILES string of the molecule is CCCNCc1nc(N2CCC(N(C)C)CC2)ccc1Cl. The van der Waals surface area contributed by atoms with Crippen molar-refractivity contribution in [1.29, 1.82) is 0 Å². The maximum absolute atomic E-state index is 6.25. The number of piperidine rings is 1. The Morgan fingerprint density at radius 3 is 2.67 bits per heavy atom.